The molecule has 0 aliphatic carbocycles. The van der Waals surface area contributed by atoms with Gasteiger partial charge in [0.05, 0.1) is 24.7 Å². The van der Waals surface area contributed by atoms with Crippen LogP contribution in [-0.4, -0.2) is 45.9 Å². The van der Waals surface area contributed by atoms with Gasteiger partial charge in [0.1, 0.15) is 11.5 Å². The Morgan fingerprint density at radius 3 is 2.25 bits per heavy atom. The maximum Gasteiger partial charge on any atom is 0.255 e. The predicted octanol–water partition coefficient (Wildman–Crippen LogP) is 2.66. The first-order valence-corrected chi connectivity index (χ1v) is 10.2. The van der Waals surface area contributed by atoms with Crippen molar-refractivity contribution in [1.29, 1.82) is 0 Å². The molecule has 28 heavy (non-hydrogen) atoms. The lowest BCUT2D eigenvalue weighted by Crippen LogP contribution is -2.31. The quantitative estimate of drug-likeness (QED) is 0.729. The van der Waals surface area contributed by atoms with Crippen LogP contribution < -0.4 is 14.8 Å². The van der Waals surface area contributed by atoms with Crippen molar-refractivity contribution < 1.29 is 22.7 Å². The van der Waals surface area contributed by atoms with Gasteiger partial charge in [-0.3, -0.25) is 4.79 Å². The number of hydrogen-bond acceptors (Lipinski definition) is 5. The summed E-state index contributed by atoms with van der Waals surface area (Å²) in [5.41, 5.74) is 0.994. The van der Waals surface area contributed by atoms with E-state index in [4.69, 9.17) is 9.47 Å². The van der Waals surface area contributed by atoms with Crippen LogP contribution in [-0.2, 0) is 16.6 Å². The number of nitrogens with zero attached hydrogens (tertiary/aromatic N) is 1. The third-order valence-electron chi connectivity index (χ3n) is 4.11. The predicted molar refractivity (Wildman–Crippen MR) is 107 cm³/mol. The molecule has 152 valence electrons. The maximum atomic E-state index is 13.0. The van der Waals surface area contributed by atoms with Crippen molar-refractivity contribution in [2.45, 2.75) is 31.3 Å². The van der Waals surface area contributed by atoms with Crippen molar-refractivity contribution >= 4 is 15.9 Å². The summed E-state index contributed by atoms with van der Waals surface area (Å²) >= 11 is 0. The molecule has 0 saturated heterocycles. The second kappa shape index (κ2) is 9.07. The third kappa shape index (κ3) is 5.02. The second-order valence-electron chi connectivity index (χ2n) is 6.60. The molecule has 0 bridgehead atoms. The number of amides is 1. The summed E-state index contributed by atoms with van der Waals surface area (Å²) in [6.07, 6.45) is 0. The molecule has 0 radical (unpaired) electrons. The number of hydrogen-bond donors (Lipinski definition) is 1. The van der Waals surface area contributed by atoms with Crippen LogP contribution >= 0.6 is 0 Å². The van der Waals surface area contributed by atoms with E-state index in [1.54, 1.807) is 31.4 Å². The summed E-state index contributed by atoms with van der Waals surface area (Å²) in [4.78, 5) is 12.4. The Morgan fingerprint density at radius 1 is 1.07 bits per heavy atom. The lowest BCUT2D eigenvalue weighted by Gasteiger charge is -2.19. The van der Waals surface area contributed by atoms with E-state index in [9.17, 15) is 13.2 Å². The monoisotopic (exact) mass is 406 g/mol. The number of sulfonamides is 1. The number of nitrogens with one attached hydrogen (secondary N) is 1. The molecule has 2 aromatic carbocycles. The van der Waals surface area contributed by atoms with E-state index < -0.39 is 10.0 Å². The number of rotatable bonds is 8. The van der Waals surface area contributed by atoms with Crippen LogP contribution in [0.25, 0.3) is 0 Å². The van der Waals surface area contributed by atoms with Crippen LogP contribution in [0.2, 0.25) is 0 Å². The minimum absolute atomic E-state index is 0.0261. The van der Waals surface area contributed by atoms with E-state index >= 15 is 0 Å². The average Bonchev–Trinajstić information content (AvgIpc) is 2.67. The highest BCUT2D eigenvalue weighted by Crippen LogP contribution is 2.25. The van der Waals surface area contributed by atoms with Crippen LogP contribution in [0.15, 0.2) is 47.4 Å². The molecule has 0 heterocycles. The fourth-order valence-corrected chi connectivity index (χ4v) is 3.80. The highest BCUT2D eigenvalue weighted by molar-refractivity contribution is 7.89. The van der Waals surface area contributed by atoms with E-state index in [1.165, 1.54) is 36.7 Å². The molecule has 1 N–H and O–H groups in total. The van der Waals surface area contributed by atoms with Gasteiger partial charge in [-0.1, -0.05) is 12.1 Å². The smallest absolute Gasteiger partial charge is 0.255 e. The lowest BCUT2D eigenvalue weighted by molar-refractivity contribution is 0.0940. The zero-order chi connectivity index (χ0) is 20.9. The van der Waals surface area contributed by atoms with Gasteiger partial charge in [0.25, 0.3) is 5.91 Å². The van der Waals surface area contributed by atoms with Gasteiger partial charge in [-0.15, -0.1) is 0 Å². The van der Waals surface area contributed by atoms with Gasteiger partial charge in [-0.2, -0.15) is 4.31 Å². The lowest BCUT2D eigenvalue weighted by atomic mass is 10.2. The molecular formula is C20H26N2O5S. The molecule has 0 aliphatic heterocycles. The summed E-state index contributed by atoms with van der Waals surface area (Å²) in [6, 6.07) is 11.3. The van der Waals surface area contributed by atoms with Gasteiger partial charge < -0.3 is 14.8 Å². The molecule has 2 rings (SSSR count). The van der Waals surface area contributed by atoms with E-state index in [1.807, 2.05) is 13.8 Å². The van der Waals surface area contributed by atoms with Crippen molar-refractivity contribution in [3.8, 4) is 11.5 Å². The van der Waals surface area contributed by atoms with Crippen LogP contribution in [0, 0.1) is 0 Å². The summed E-state index contributed by atoms with van der Waals surface area (Å²) in [5.74, 6) is 0.627. The highest BCUT2D eigenvalue weighted by atomic mass is 32.2. The Bertz CT molecular complexity index is 924. The number of ether oxygens (including phenoxy) is 2. The zero-order valence-corrected chi connectivity index (χ0v) is 17.5. The Kier molecular flexibility index (Phi) is 7.04. The number of carbonyl (C=O) groups is 1. The molecule has 1 amide bonds. The van der Waals surface area contributed by atoms with Crippen molar-refractivity contribution in [1.82, 2.24) is 9.62 Å². The van der Waals surface area contributed by atoms with E-state index in [-0.39, 0.29) is 29.0 Å². The van der Waals surface area contributed by atoms with Crippen LogP contribution in [0.1, 0.15) is 29.8 Å². The minimum atomic E-state index is -3.80. The molecule has 0 fully saturated rings. The van der Waals surface area contributed by atoms with Gasteiger partial charge in [0.2, 0.25) is 10.0 Å². The molecule has 2 aromatic rings. The van der Waals surface area contributed by atoms with Crippen molar-refractivity contribution in [2.75, 3.05) is 21.3 Å². The molecule has 0 saturated carbocycles. The first-order valence-electron chi connectivity index (χ1n) is 8.77. The molecule has 0 spiro atoms. The number of benzene rings is 2. The van der Waals surface area contributed by atoms with Crippen molar-refractivity contribution in [2.24, 2.45) is 0 Å². The maximum absolute atomic E-state index is 13.0. The van der Waals surface area contributed by atoms with Gasteiger partial charge in [0.15, 0.2) is 0 Å². The first kappa shape index (κ1) is 21.7. The third-order valence-corrected chi connectivity index (χ3v) is 5.91. The molecule has 0 unspecified atom stereocenters. The standard InChI is InChI=1S/C20H26N2O5S/c1-14(2)21-20(23)18-12-17(10-11-19(18)27-5)28(24,25)22(3)13-15-6-8-16(26-4)9-7-15/h6-12,14H,13H2,1-5H3,(H,21,23). The van der Waals surface area contributed by atoms with Crippen LogP contribution in [0.3, 0.4) is 0 Å². The van der Waals surface area contributed by atoms with Crippen molar-refractivity contribution in [3.05, 3.63) is 53.6 Å². The Labute approximate surface area is 166 Å². The van der Waals surface area contributed by atoms with Gasteiger partial charge in [-0.05, 0) is 49.7 Å². The summed E-state index contributed by atoms with van der Waals surface area (Å²) in [7, 11) is 0.710. The zero-order valence-electron chi connectivity index (χ0n) is 16.7. The Balaban J connectivity index is 2.31. The number of carbonyl (C=O) groups excluding carboxylic acids is 1. The Hall–Kier alpha value is -2.58. The van der Waals surface area contributed by atoms with Crippen molar-refractivity contribution in [3.63, 3.8) is 0 Å². The summed E-state index contributed by atoms with van der Waals surface area (Å²) in [5, 5.41) is 2.75. The average molecular weight is 407 g/mol. The Morgan fingerprint density at radius 2 is 1.71 bits per heavy atom. The normalized spacial score (nSPS) is 11.5. The van der Waals surface area contributed by atoms with E-state index in [0.717, 1.165) is 5.56 Å². The first-order chi connectivity index (χ1) is 13.2. The van der Waals surface area contributed by atoms with E-state index in [2.05, 4.69) is 5.32 Å². The van der Waals surface area contributed by atoms with Gasteiger partial charge in [-0.25, -0.2) is 8.42 Å². The summed E-state index contributed by atoms with van der Waals surface area (Å²) in [6.45, 7) is 3.84. The molecule has 8 heteroatoms. The second-order valence-corrected chi connectivity index (χ2v) is 8.64. The molecule has 0 aromatic heterocycles. The van der Waals surface area contributed by atoms with Gasteiger partial charge >= 0.3 is 0 Å². The SMILES string of the molecule is COc1ccc(CN(C)S(=O)(=O)c2ccc(OC)c(C(=O)NC(C)C)c2)cc1. The van der Waals surface area contributed by atoms with Crippen LogP contribution in [0.4, 0.5) is 0 Å². The number of methoxy groups -OCH3 is 2. The van der Waals surface area contributed by atoms with Gasteiger partial charge in [0, 0.05) is 19.6 Å². The van der Waals surface area contributed by atoms with Crippen LogP contribution in [0.5, 0.6) is 11.5 Å². The highest BCUT2D eigenvalue weighted by Gasteiger charge is 2.24. The topological polar surface area (TPSA) is 84.9 Å². The summed E-state index contributed by atoms with van der Waals surface area (Å²) < 4.78 is 37.5. The molecular weight excluding hydrogens is 380 g/mol. The minimum Gasteiger partial charge on any atom is -0.497 e. The molecule has 0 aliphatic rings. The molecule has 0 atom stereocenters. The fraction of sp³-hybridized carbons (Fsp3) is 0.350. The largest absolute Gasteiger partial charge is 0.497 e. The fourth-order valence-electron chi connectivity index (χ4n) is 2.62. The molecule has 7 nitrogen and oxygen atoms in total. The van der Waals surface area contributed by atoms with E-state index in [0.29, 0.717) is 11.5 Å².